The smallest absolute Gasteiger partial charge is 0.258 e. The standard InChI is InChI=1S/C13H19NO3/c1-9-4-5-10(2)12(6-9)17-8-13(16)14-7-11(3)15/h4-6,11,15H,7-8H2,1-3H3,(H,14,16)/t11-/m1/s1. The molecule has 1 rings (SSSR count). The molecule has 0 bridgehead atoms. The maximum atomic E-state index is 11.4. The number of hydrogen-bond acceptors (Lipinski definition) is 3. The van der Waals surface area contributed by atoms with Gasteiger partial charge in [0, 0.05) is 6.54 Å². The van der Waals surface area contributed by atoms with Crippen molar-refractivity contribution in [2.45, 2.75) is 26.9 Å². The van der Waals surface area contributed by atoms with Crippen LogP contribution in [0, 0.1) is 13.8 Å². The molecule has 1 atom stereocenters. The molecule has 17 heavy (non-hydrogen) atoms. The maximum Gasteiger partial charge on any atom is 0.258 e. The highest BCUT2D eigenvalue weighted by Crippen LogP contribution is 2.18. The van der Waals surface area contributed by atoms with Gasteiger partial charge in [-0.25, -0.2) is 0 Å². The first-order valence-corrected chi connectivity index (χ1v) is 5.64. The predicted molar refractivity (Wildman–Crippen MR) is 66.1 cm³/mol. The second kappa shape index (κ2) is 6.25. The van der Waals surface area contributed by atoms with Gasteiger partial charge in [0.15, 0.2) is 6.61 Å². The highest BCUT2D eigenvalue weighted by molar-refractivity contribution is 5.77. The molecule has 0 aliphatic rings. The van der Waals surface area contributed by atoms with Gasteiger partial charge in [-0.1, -0.05) is 12.1 Å². The van der Waals surface area contributed by atoms with Crippen LogP contribution >= 0.6 is 0 Å². The van der Waals surface area contributed by atoms with Gasteiger partial charge < -0.3 is 15.2 Å². The van der Waals surface area contributed by atoms with E-state index in [9.17, 15) is 4.79 Å². The molecule has 0 spiro atoms. The topological polar surface area (TPSA) is 58.6 Å². The van der Waals surface area contributed by atoms with Gasteiger partial charge in [-0.15, -0.1) is 0 Å². The first kappa shape index (κ1) is 13.5. The van der Waals surface area contributed by atoms with Crippen LogP contribution in [-0.4, -0.2) is 30.3 Å². The summed E-state index contributed by atoms with van der Waals surface area (Å²) in [4.78, 5) is 11.4. The Morgan fingerprint density at radius 3 is 2.82 bits per heavy atom. The number of rotatable bonds is 5. The minimum atomic E-state index is -0.542. The first-order chi connectivity index (χ1) is 7.99. The molecule has 0 aromatic heterocycles. The summed E-state index contributed by atoms with van der Waals surface area (Å²) < 4.78 is 5.42. The molecule has 94 valence electrons. The van der Waals surface area contributed by atoms with Gasteiger partial charge in [-0.05, 0) is 38.0 Å². The van der Waals surface area contributed by atoms with Crippen LogP contribution < -0.4 is 10.1 Å². The van der Waals surface area contributed by atoms with Crippen LogP contribution in [0.5, 0.6) is 5.75 Å². The summed E-state index contributed by atoms with van der Waals surface area (Å²) in [5, 5.41) is 11.6. The van der Waals surface area contributed by atoms with Crippen molar-refractivity contribution in [1.82, 2.24) is 5.32 Å². The fraction of sp³-hybridized carbons (Fsp3) is 0.462. The van der Waals surface area contributed by atoms with Gasteiger partial charge >= 0.3 is 0 Å². The van der Waals surface area contributed by atoms with E-state index in [1.807, 2.05) is 32.0 Å². The van der Waals surface area contributed by atoms with Crippen LogP contribution in [0.1, 0.15) is 18.1 Å². The first-order valence-electron chi connectivity index (χ1n) is 5.64. The summed E-state index contributed by atoms with van der Waals surface area (Å²) in [6.07, 6.45) is -0.542. The molecule has 4 nitrogen and oxygen atoms in total. The number of nitrogens with one attached hydrogen (secondary N) is 1. The zero-order valence-corrected chi connectivity index (χ0v) is 10.5. The maximum absolute atomic E-state index is 11.4. The fourth-order valence-electron chi connectivity index (χ4n) is 1.32. The van der Waals surface area contributed by atoms with Crippen LogP contribution in [0.4, 0.5) is 0 Å². The number of ether oxygens (including phenoxy) is 1. The minimum Gasteiger partial charge on any atom is -0.483 e. The molecule has 0 aliphatic heterocycles. The van der Waals surface area contributed by atoms with E-state index >= 15 is 0 Å². The SMILES string of the molecule is Cc1ccc(C)c(OCC(=O)NC[C@@H](C)O)c1. The Morgan fingerprint density at radius 2 is 2.18 bits per heavy atom. The molecule has 0 saturated heterocycles. The monoisotopic (exact) mass is 237 g/mol. The number of hydrogen-bond donors (Lipinski definition) is 2. The van der Waals surface area contributed by atoms with E-state index in [0.717, 1.165) is 16.9 Å². The van der Waals surface area contributed by atoms with Crippen LogP contribution in [-0.2, 0) is 4.79 Å². The van der Waals surface area contributed by atoms with Crippen LogP contribution in [0.2, 0.25) is 0 Å². The fourth-order valence-corrected chi connectivity index (χ4v) is 1.32. The zero-order chi connectivity index (χ0) is 12.8. The van der Waals surface area contributed by atoms with Gasteiger partial charge in [0.25, 0.3) is 5.91 Å². The Labute approximate surface area is 102 Å². The van der Waals surface area contributed by atoms with Crippen molar-refractivity contribution in [2.75, 3.05) is 13.2 Å². The van der Waals surface area contributed by atoms with E-state index in [2.05, 4.69) is 5.32 Å². The van der Waals surface area contributed by atoms with E-state index in [4.69, 9.17) is 9.84 Å². The summed E-state index contributed by atoms with van der Waals surface area (Å²) in [5.74, 6) is 0.490. The van der Waals surface area contributed by atoms with Crippen molar-refractivity contribution in [3.8, 4) is 5.75 Å². The van der Waals surface area contributed by atoms with Crippen LogP contribution in [0.3, 0.4) is 0 Å². The molecule has 1 aromatic carbocycles. The van der Waals surface area contributed by atoms with E-state index in [0.29, 0.717) is 0 Å². The lowest BCUT2D eigenvalue weighted by Gasteiger charge is -2.11. The molecule has 0 saturated carbocycles. The average Bonchev–Trinajstić information content (AvgIpc) is 2.27. The largest absolute Gasteiger partial charge is 0.483 e. The van der Waals surface area contributed by atoms with Crippen molar-refractivity contribution in [3.63, 3.8) is 0 Å². The van der Waals surface area contributed by atoms with Crippen molar-refractivity contribution >= 4 is 5.91 Å². The Bertz CT molecular complexity index is 388. The van der Waals surface area contributed by atoms with Crippen molar-refractivity contribution in [1.29, 1.82) is 0 Å². The van der Waals surface area contributed by atoms with Crippen LogP contribution in [0.15, 0.2) is 18.2 Å². The molecule has 1 aromatic rings. The number of carbonyl (C=O) groups excluding carboxylic acids is 1. The van der Waals surface area contributed by atoms with Gasteiger partial charge in [0.2, 0.25) is 0 Å². The molecule has 0 fully saturated rings. The molecule has 0 heterocycles. The number of benzene rings is 1. The lowest BCUT2D eigenvalue weighted by atomic mass is 10.1. The highest BCUT2D eigenvalue weighted by atomic mass is 16.5. The quantitative estimate of drug-likeness (QED) is 0.808. The Kier molecular flexibility index (Phi) is 4.97. The van der Waals surface area contributed by atoms with E-state index in [-0.39, 0.29) is 19.1 Å². The zero-order valence-electron chi connectivity index (χ0n) is 10.5. The van der Waals surface area contributed by atoms with E-state index < -0.39 is 6.10 Å². The van der Waals surface area contributed by atoms with Crippen molar-refractivity contribution in [3.05, 3.63) is 29.3 Å². The molecular weight excluding hydrogens is 218 g/mol. The summed E-state index contributed by atoms with van der Waals surface area (Å²) >= 11 is 0. The molecule has 1 amide bonds. The summed E-state index contributed by atoms with van der Waals surface area (Å²) in [7, 11) is 0. The third-order valence-corrected chi connectivity index (χ3v) is 2.30. The summed E-state index contributed by atoms with van der Waals surface area (Å²) in [5.41, 5.74) is 2.09. The Balaban J connectivity index is 2.44. The highest BCUT2D eigenvalue weighted by Gasteiger charge is 2.05. The Morgan fingerprint density at radius 1 is 1.47 bits per heavy atom. The van der Waals surface area contributed by atoms with E-state index in [1.54, 1.807) is 6.92 Å². The summed E-state index contributed by atoms with van der Waals surface area (Å²) in [6.45, 7) is 5.74. The predicted octanol–water partition coefficient (Wildman–Crippen LogP) is 1.18. The second-order valence-electron chi connectivity index (χ2n) is 4.21. The molecule has 4 heteroatoms. The molecule has 0 radical (unpaired) electrons. The Hall–Kier alpha value is -1.55. The average molecular weight is 237 g/mol. The van der Waals surface area contributed by atoms with Crippen molar-refractivity contribution in [2.24, 2.45) is 0 Å². The minimum absolute atomic E-state index is 0.0307. The molecule has 2 N–H and O–H groups in total. The van der Waals surface area contributed by atoms with Gasteiger partial charge in [0.05, 0.1) is 6.10 Å². The number of aliphatic hydroxyl groups is 1. The third-order valence-electron chi connectivity index (χ3n) is 2.30. The van der Waals surface area contributed by atoms with Crippen molar-refractivity contribution < 1.29 is 14.6 Å². The number of aryl methyl sites for hydroxylation is 2. The number of aliphatic hydroxyl groups excluding tert-OH is 1. The normalized spacial score (nSPS) is 12.0. The van der Waals surface area contributed by atoms with Gasteiger partial charge in [-0.2, -0.15) is 0 Å². The van der Waals surface area contributed by atoms with Gasteiger partial charge in [-0.3, -0.25) is 4.79 Å². The summed E-state index contributed by atoms with van der Waals surface area (Å²) in [6, 6.07) is 5.85. The van der Waals surface area contributed by atoms with E-state index in [1.165, 1.54) is 0 Å². The van der Waals surface area contributed by atoms with Gasteiger partial charge in [0.1, 0.15) is 5.75 Å². The molecule has 0 unspecified atom stereocenters. The number of carbonyl (C=O) groups is 1. The molecular formula is C13H19NO3. The molecule has 0 aliphatic carbocycles. The third kappa shape index (κ3) is 4.87. The number of amides is 1. The lowest BCUT2D eigenvalue weighted by Crippen LogP contribution is -2.34. The second-order valence-corrected chi connectivity index (χ2v) is 4.21. The lowest BCUT2D eigenvalue weighted by molar-refractivity contribution is -0.123. The van der Waals surface area contributed by atoms with Crippen LogP contribution in [0.25, 0.3) is 0 Å².